The summed E-state index contributed by atoms with van der Waals surface area (Å²) in [6.07, 6.45) is 1.58. The van der Waals surface area contributed by atoms with E-state index < -0.39 is 5.97 Å². The predicted octanol–water partition coefficient (Wildman–Crippen LogP) is -0.300. The Morgan fingerprint density at radius 1 is 1.78 bits per heavy atom. The molecule has 3 heteroatoms. The third-order valence-corrected chi connectivity index (χ3v) is 1.07. The first-order chi connectivity index (χ1) is 4.16. The van der Waals surface area contributed by atoms with Gasteiger partial charge in [-0.15, -0.1) is 5.70 Å². The van der Waals surface area contributed by atoms with E-state index in [1.165, 1.54) is 0 Å². The molecule has 0 aliphatic heterocycles. The zero-order valence-corrected chi connectivity index (χ0v) is 7.29. The van der Waals surface area contributed by atoms with Crippen LogP contribution in [0.3, 0.4) is 0 Å². The molecule has 9 heavy (non-hydrogen) atoms. The second-order valence-electron chi connectivity index (χ2n) is 1.65. The molecular weight excluding hydrogens is 132 g/mol. The number of carbonyl (C=O) groups is 1. The Morgan fingerprint density at radius 3 is 2.67 bits per heavy atom. The zero-order valence-electron chi connectivity index (χ0n) is 5.29. The molecule has 0 aromatic heterocycles. The number of hydrogen-bond donors (Lipinski definition) is 1. The van der Waals surface area contributed by atoms with Crippen molar-refractivity contribution in [2.75, 3.05) is 0 Å². The summed E-state index contributed by atoms with van der Waals surface area (Å²) in [6, 6.07) is 0. The first kappa shape index (κ1) is 8.17. The minimum Gasteiger partial charge on any atom is -0.481 e. The number of aliphatic carboxylic acids is 1. The van der Waals surface area contributed by atoms with E-state index in [0.717, 1.165) is 10.2 Å². The number of carboxylic acids is 1. The van der Waals surface area contributed by atoms with E-state index in [1.54, 1.807) is 6.08 Å². The van der Waals surface area contributed by atoms with Crippen LogP contribution in [0.4, 0.5) is 0 Å². The van der Waals surface area contributed by atoms with Gasteiger partial charge in [-0.3, -0.25) is 4.79 Å². The molecule has 1 N–H and O–H groups in total. The van der Waals surface area contributed by atoms with Crippen LogP contribution in [0, 0.1) is 6.58 Å². The molecule has 0 bridgehead atoms. The molecule has 0 aliphatic rings. The highest BCUT2D eigenvalue weighted by Gasteiger charge is 1.95. The summed E-state index contributed by atoms with van der Waals surface area (Å²) in [6.45, 7) is 5.26. The van der Waals surface area contributed by atoms with Gasteiger partial charge in [-0.25, -0.2) is 0 Å². The van der Waals surface area contributed by atoms with Crippen molar-refractivity contribution in [1.82, 2.24) is 0 Å². The van der Waals surface area contributed by atoms with Gasteiger partial charge in [0.1, 0.15) is 0 Å². The van der Waals surface area contributed by atoms with Crippen LogP contribution in [0.1, 0.15) is 6.42 Å². The van der Waals surface area contributed by atoms with Crippen molar-refractivity contribution >= 4 is 16.2 Å². The highest BCUT2D eigenvalue weighted by Crippen LogP contribution is 1.97. The minimum atomic E-state index is -0.882. The van der Waals surface area contributed by atoms with Crippen LogP contribution in [0.5, 0.6) is 0 Å². The van der Waals surface area contributed by atoms with E-state index in [2.05, 4.69) is 0 Å². The molecule has 0 unspecified atom stereocenters. The largest absolute Gasteiger partial charge is 0.481 e. The summed E-state index contributed by atoms with van der Waals surface area (Å²) in [4.78, 5) is 9.96. The van der Waals surface area contributed by atoms with Crippen molar-refractivity contribution in [3.8, 4) is 0 Å². The lowest BCUT2D eigenvalue weighted by molar-refractivity contribution is -0.136. The molecule has 0 amide bonds. The van der Waals surface area contributed by atoms with Gasteiger partial charge in [-0.05, 0) is 5.57 Å². The normalized spacial score (nSPS) is 10.2. The van der Waals surface area contributed by atoms with Crippen molar-refractivity contribution in [3.63, 3.8) is 0 Å². The summed E-state index contributed by atoms with van der Waals surface area (Å²) in [7, 11) is 0.913. The van der Waals surface area contributed by atoms with Gasteiger partial charge in [0.05, 0.1) is 6.42 Å². The van der Waals surface area contributed by atoms with Crippen LogP contribution in [0.25, 0.3) is 0 Å². The van der Waals surface area contributed by atoms with Crippen molar-refractivity contribution in [3.05, 3.63) is 23.9 Å². The van der Waals surface area contributed by atoms with E-state index in [-0.39, 0.29) is 6.42 Å². The Kier molecular flexibility index (Phi) is 3.71. The van der Waals surface area contributed by atoms with Gasteiger partial charge in [0, 0.05) is 10.2 Å². The molecule has 0 aliphatic carbocycles. The van der Waals surface area contributed by atoms with Crippen LogP contribution in [-0.4, -0.2) is 21.3 Å². The fourth-order valence-corrected chi connectivity index (χ4v) is 0.876. The molecule has 0 aromatic carbocycles. The lowest BCUT2D eigenvalue weighted by atomic mass is 10.2. The van der Waals surface area contributed by atoms with Gasteiger partial charge in [-0.1, -0.05) is 12.7 Å². The number of carboxylic acid groups (broad SMARTS) is 1. The summed E-state index contributed by atoms with van der Waals surface area (Å²) in [5.74, 6) is -0.882. The van der Waals surface area contributed by atoms with Crippen LogP contribution >= 0.6 is 0 Å². The second kappa shape index (κ2) is 4.09. The minimum absolute atomic E-state index is 0.0568. The van der Waals surface area contributed by atoms with Crippen LogP contribution in [0.15, 0.2) is 17.3 Å². The molecule has 2 nitrogen and oxygen atoms in total. The molecule has 0 atom stereocenters. The third-order valence-electron chi connectivity index (χ3n) is 0.736. The summed E-state index contributed by atoms with van der Waals surface area (Å²) >= 11 is 0. The van der Waals surface area contributed by atoms with E-state index in [0.29, 0.717) is 5.57 Å². The predicted molar refractivity (Wildman–Crippen MR) is 39.1 cm³/mol. The van der Waals surface area contributed by atoms with Gasteiger partial charge in [0.15, 0.2) is 0 Å². The molecular formula is C6H9O2Si. The van der Waals surface area contributed by atoms with Crippen molar-refractivity contribution < 1.29 is 9.90 Å². The molecule has 1 radical (unpaired) electrons. The van der Waals surface area contributed by atoms with Crippen molar-refractivity contribution in [1.29, 1.82) is 0 Å². The Bertz CT molecular complexity index is 149. The van der Waals surface area contributed by atoms with Gasteiger partial charge in [-0.2, -0.15) is 0 Å². The smallest absolute Gasteiger partial charge is 0.307 e. The summed E-state index contributed by atoms with van der Waals surface area (Å²) in [5.41, 5.74) is 2.26. The van der Waals surface area contributed by atoms with Crippen molar-refractivity contribution in [2.45, 2.75) is 6.42 Å². The standard InChI is InChI=1S/C6H9O2Si/c1-5(2-3-9)4-6(7)8/h1-3H,4H2,9H3,(H,7,8). The van der Waals surface area contributed by atoms with Crippen LogP contribution in [-0.2, 0) is 4.79 Å². The fourth-order valence-electron chi connectivity index (χ4n) is 0.448. The SMILES string of the molecule is [CH]=C(C=C[SiH3])CC(=O)O. The highest BCUT2D eigenvalue weighted by atomic mass is 28.1. The average Bonchev–Trinajstić information content (AvgIpc) is 1.63. The highest BCUT2D eigenvalue weighted by molar-refractivity contribution is 6.17. The topological polar surface area (TPSA) is 37.3 Å². The summed E-state index contributed by atoms with van der Waals surface area (Å²) in [5, 5.41) is 8.19. The quantitative estimate of drug-likeness (QED) is 0.433. The average molecular weight is 141 g/mol. The zero-order chi connectivity index (χ0) is 7.28. The Morgan fingerprint density at radius 2 is 2.33 bits per heavy atom. The lowest BCUT2D eigenvalue weighted by Crippen LogP contribution is -1.94. The number of rotatable bonds is 3. The Hall–Kier alpha value is -0.833. The first-order valence-corrected chi connectivity index (χ1v) is 3.78. The maximum absolute atomic E-state index is 9.96. The molecule has 0 aromatic rings. The van der Waals surface area contributed by atoms with Gasteiger partial charge < -0.3 is 5.11 Å². The van der Waals surface area contributed by atoms with Gasteiger partial charge in [0.2, 0.25) is 0 Å². The molecule has 0 saturated heterocycles. The lowest BCUT2D eigenvalue weighted by Gasteiger charge is -1.89. The van der Waals surface area contributed by atoms with E-state index in [1.807, 2.05) is 5.70 Å². The van der Waals surface area contributed by atoms with E-state index >= 15 is 0 Å². The molecule has 0 fully saturated rings. The maximum atomic E-state index is 9.96. The van der Waals surface area contributed by atoms with Gasteiger partial charge in [0.25, 0.3) is 0 Å². The maximum Gasteiger partial charge on any atom is 0.307 e. The van der Waals surface area contributed by atoms with Crippen molar-refractivity contribution in [2.24, 2.45) is 0 Å². The monoisotopic (exact) mass is 141 g/mol. The molecule has 0 spiro atoms. The fraction of sp³-hybridized carbons (Fsp3) is 0.167. The third kappa shape index (κ3) is 5.03. The van der Waals surface area contributed by atoms with Gasteiger partial charge >= 0.3 is 5.97 Å². The number of allylic oxidation sites excluding steroid dienone is 1. The Labute approximate surface area is 57.3 Å². The molecule has 49 valence electrons. The van der Waals surface area contributed by atoms with E-state index in [9.17, 15) is 4.79 Å². The second-order valence-corrected chi connectivity index (χ2v) is 2.31. The summed E-state index contributed by atoms with van der Waals surface area (Å²) < 4.78 is 0. The van der Waals surface area contributed by atoms with Crippen LogP contribution in [0.2, 0.25) is 0 Å². The first-order valence-electron chi connectivity index (χ1n) is 2.62. The van der Waals surface area contributed by atoms with Crippen LogP contribution < -0.4 is 0 Å². The number of hydrogen-bond acceptors (Lipinski definition) is 1. The molecule has 0 rings (SSSR count). The molecule has 0 heterocycles. The van der Waals surface area contributed by atoms with E-state index in [4.69, 9.17) is 11.7 Å². The Balaban J connectivity index is 3.64. The molecule has 0 saturated carbocycles.